The predicted molar refractivity (Wildman–Crippen MR) is 63.7 cm³/mol. The number of hydrogen-bond acceptors (Lipinski definition) is 7. The van der Waals surface area contributed by atoms with E-state index in [1.54, 1.807) is 0 Å². The lowest BCUT2D eigenvalue weighted by atomic mass is 10.2. The van der Waals surface area contributed by atoms with Gasteiger partial charge in [0.25, 0.3) is 0 Å². The highest BCUT2D eigenvalue weighted by Gasteiger charge is 2.44. The van der Waals surface area contributed by atoms with Crippen molar-refractivity contribution in [3.63, 3.8) is 0 Å². The van der Waals surface area contributed by atoms with Gasteiger partial charge in [0, 0.05) is 0 Å². The molecule has 2 aromatic heterocycles. The van der Waals surface area contributed by atoms with Gasteiger partial charge in [-0.25, -0.2) is 9.37 Å². The van der Waals surface area contributed by atoms with E-state index in [1.165, 1.54) is 10.9 Å². The monoisotopic (exact) mass is 288 g/mol. The summed E-state index contributed by atoms with van der Waals surface area (Å²) >= 11 is 5.70. The Morgan fingerprint density at radius 3 is 2.84 bits per heavy atom. The number of anilines is 1. The fourth-order valence-corrected chi connectivity index (χ4v) is 2.15. The Bertz CT molecular complexity index is 636. The molecule has 10 heteroatoms. The van der Waals surface area contributed by atoms with Gasteiger partial charge >= 0.3 is 0 Å². The molecule has 19 heavy (non-hydrogen) atoms. The average molecular weight is 289 g/mol. The molecule has 2 unspecified atom stereocenters. The second-order valence-electron chi connectivity index (χ2n) is 4.13. The second kappa shape index (κ2) is 4.23. The summed E-state index contributed by atoms with van der Waals surface area (Å²) in [5, 5.41) is 9.38. The van der Waals surface area contributed by atoms with Crippen LogP contribution in [0, 0.1) is 0 Å². The van der Waals surface area contributed by atoms with Crippen molar-refractivity contribution in [1.82, 2.24) is 19.5 Å². The molecule has 0 amide bonds. The number of fused-ring (bicyclic) bond motifs is 1. The molecule has 1 saturated heterocycles. The number of halogens is 2. The van der Waals surface area contributed by atoms with Crippen LogP contribution < -0.4 is 11.5 Å². The number of ether oxygens (including phenoxy) is 1. The molecular formula is C9H10ClFN6O2. The Kier molecular flexibility index (Phi) is 2.78. The summed E-state index contributed by atoms with van der Waals surface area (Å²) in [5.74, 6) is 0.0759. The molecule has 1 aliphatic heterocycles. The van der Waals surface area contributed by atoms with E-state index in [-0.39, 0.29) is 22.3 Å². The van der Waals surface area contributed by atoms with E-state index in [2.05, 4.69) is 15.0 Å². The lowest BCUT2D eigenvalue weighted by molar-refractivity contribution is -0.0193. The predicted octanol–water partition coefficient (Wildman–Crippen LogP) is -0.426. The highest BCUT2D eigenvalue weighted by atomic mass is 35.5. The van der Waals surface area contributed by atoms with Crippen LogP contribution in [-0.2, 0) is 4.74 Å². The highest BCUT2D eigenvalue weighted by Crippen LogP contribution is 2.32. The van der Waals surface area contributed by atoms with Crippen LogP contribution in [0.15, 0.2) is 6.33 Å². The first-order chi connectivity index (χ1) is 8.99. The number of hydrogen-bond donors (Lipinski definition) is 3. The van der Waals surface area contributed by atoms with E-state index in [9.17, 15) is 9.50 Å². The molecule has 102 valence electrons. The zero-order valence-electron chi connectivity index (χ0n) is 9.44. The number of aliphatic hydroxyl groups excluding tert-OH is 1. The first kappa shape index (κ1) is 12.5. The molecule has 0 aromatic carbocycles. The maximum Gasteiger partial charge on any atom is 0.226 e. The van der Waals surface area contributed by atoms with Crippen LogP contribution in [0.4, 0.5) is 10.2 Å². The zero-order chi connectivity index (χ0) is 13.7. The van der Waals surface area contributed by atoms with Crippen molar-refractivity contribution in [2.75, 3.05) is 5.73 Å². The van der Waals surface area contributed by atoms with Gasteiger partial charge < -0.3 is 21.3 Å². The van der Waals surface area contributed by atoms with Gasteiger partial charge in [-0.05, 0) is 11.6 Å². The topological polar surface area (TPSA) is 125 Å². The number of nitrogens with two attached hydrogens (primary N) is 2. The highest BCUT2D eigenvalue weighted by molar-refractivity contribution is 6.28. The van der Waals surface area contributed by atoms with E-state index in [0.717, 1.165) is 0 Å². The minimum atomic E-state index is -1.71. The van der Waals surface area contributed by atoms with Crippen molar-refractivity contribution < 1.29 is 14.2 Å². The summed E-state index contributed by atoms with van der Waals surface area (Å²) in [7, 11) is 0. The number of nitrogen functional groups attached to an aromatic ring is 1. The lowest BCUT2D eigenvalue weighted by Crippen LogP contribution is -2.34. The Balaban J connectivity index is 2.11. The summed E-state index contributed by atoms with van der Waals surface area (Å²) in [4.78, 5) is 11.6. The van der Waals surface area contributed by atoms with E-state index < -0.39 is 24.7 Å². The van der Waals surface area contributed by atoms with Gasteiger partial charge in [0.2, 0.25) is 5.28 Å². The third kappa shape index (κ3) is 1.82. The molecule has 0 aliphatic carbocycles. The number of nitrogens with zero attached hydrogens (tertiary/aromatic N) is 4. The Labute approximate surface area is 111 Å². The molecule has 2 aromatic rings. The van der Waals surface area contributed by atoms with Crippen LogP contribution in [0.5, 0.6) is 0 Å². The largest absolute Gasteiger partial charge is 0.386 e. The summed E-state index contributed by atoms with van der Waals surface area (Å²) in [6, 6.07) is 0. The van der Waals surface area contributed by atoms with Crippen LogP contribution in [0.3, 0.4) is 0 Å². The van der Waals surface area contributed by atoms with Gasteiger partial charge in [0.15, 0.2) is 23.9 Å². The van der Waals surface area contributed by atoms with Crippen molar-refractivity contribution in [3.8, 4) is 0 Å². The molecule has 5 N–H and O–H groups in total. The van der Waals surface area contributed by atoms with Crippen molar-refractivity contribution in [2.24, 2.45) is 5.73 Å². The minimum Gasteiger partial charge on any atom is -0.386 e. The quantitative estimate of drug-likeness (QED) is 0.608. The normalized spacial score (nSPS) is 31.2. The molecule has 0 spiro atoms. The zero-order valence-corrected chi connectivity index (χ0v) is 10.2. The van der Waals surface area contributed by atoms with E-state index in [1.807, 2.05) is 0 Å². The van der Waals surface area contributed by atoms with Gasteiger partial charge in [-0.2, -0.15) is 9.97 Å². The van der Waals surface area contributed by atoms with Gasteiger partial charge in [-0.3, -0.25) is 4.57 Å². The van der Waals surface area contributed by atoms with E-state index >= 15 is 0 Å². The van der Waals surface area contributed by atoms with Crippen LogP contribution in [0.2, 0.25) is 5.28 Å². The van der Waals surface area contributed by atoms with Crippen LogP contribution in [0.25, 0.3) is 11.2 Å². The third-order valence-corrected chi connectivity index (χ3v) is 3.10. The van der Waals surface area contributed by atoms with Gasteiger partial charge in [-0.1, -0.05) is 0 Å². The van der Waals surface area contributed by atoms with Gasteiger partial charge in [-0.15, -0.1) is 0 Å². The first-order valence-corrected chi connectivity index (χ1v) is 5.75. The molecule has 4 atom stereocenters. The van der Waals surface area contributed by atoms with Crippen molar-refractivity contribution >= 4 is 28.6 Å². The maximum absolute atomic E-state index is 13.9. The fraction of sp³-hybridized carbons (Fsp3) is 0.444. The average Bonchev–Trinajstić information content (AvgIpc) is 2.86. The van der Waals surface area contributed by atoms with Crippen molar-refractivity contribution in [1.29, 1.82) is 0 Å². The second-order valence-corrected chi connectivity index (χ2v) is 4.47. The van der Waals surface area contributed by atoms with E-state index in [4.69, 9.17) is 27.8 Å². The Morgan fingerprint density at radius 2 is 2.21 bits per heavy atom. The molecule has 0 radical (unpaired) electrons. The molecule has 0 bridgehead atoms. The van der Waals surface area contributed by atoms with E-state index in [0.29, 0.717) is 0 Å². The lowest BCUT2D eigenvalue weighted by Gasteiger charge is -2.14. The van der Waals surface area contributed by atoms with Crippen LogP contribution in [0.1, 0.15) is 6.23 Å². The summed E-state index contributed by atoms with van der Waals surface area (Å²) in [5.41, 5.74) is 11.6. The van der Waals surface area contributed by atoms with Gasteiger partial charge in [0.05, 0.1) is 6.33 Å². The number of imidazole rings is 1. The smallest absolute Gasteiger partial charge is 0.226 e. The Morgan fingerprint density at radius 1 is 1.47 bits per heavy atom. The number of alkyl halides is 1. The fourth-order valence-electron chi connectivity index (χ4n) is 1.98. The minimum absolute atomic E-state index is 0.0759. The maximum atomic E-state index is 13.9. The number of rotatable bonds is 1. The molecule has 8 nitrogen and oxygen atoms in total. The molecule has 1 fully saturated rings. The number of aliphatic hydroxyl groups is 1. The number of aromatic nitrogens is 4. The molecule has 0 saturated carbocycles. The van der Waals surface area contributed by atoms with Crippen molar-refractivity contribution in [2.45, 2.75) is 24.7 Å². The summed E-state index contributed by atoms with van der Waals surface area (Å²) in [6.07, 6.45) is -4.10. The molecular weight excluding hydrogens is 279 g/mol. The molecule has 3 rings (SSSR count). The molecule has 3 heterocycles. The first-order valence-electron chi connectivity index (χ1n) is 5.38. The summed E-state index contributed by atoms with van der Waals surface area (Å²) in [6.45, 7) is 0. The standard InChI is InChI=1S/C9H10ClFN6O2/c10-9-15-5(12)3-7(16-9)17(1-14-3)8-2(11)4(18)6(13)19-8/h1-2,4,6,8,18H,13H2,(H2,12,15,16)/t2?,4?,6-,8+/m0/s1. The van der Waals surface area contributed by atoms with Crippen LogP contribution >= 0.6 is 11.6 Å². The third-order valence-electron chi connectivity index (χ3n) is 2.93. The SMILES string of the molecule is Nc1nc(Cl)nc2c1ncn2[C@@H]1O[C@H](N)C(O)C1F. The van der Waals surface area contributed by atoms with Crippen molar-refractivity contribution in [3.05, 3.63) is 11.6 Å². The molecule has 1 aliphatic rings. The van der Waals surface area contributed by atoms with Gasteiger partial charge in [0.1, 0.15) is 17.8 Å². The summed E-state index contributed by atoms with van der Waals surface area (Å²) < 4.78 is 20.3. The van der Waals surface area contributed by atoms with Crippen LogP contribution in [-0.4, -0.2) is 43.1 Å². The Hall–Kier alpha value is -1.55.